The van der Waals surface area contributed by atoms with E-state index in [1.165, 1.54) is 6.19 Å². The Hall–Kier alpha value is -1.77. The number of rotatable bonds is 4. The normalized spacial score (nSPS) is 11.8. The summed E-state index contributed by atoms with van der Waals surface area (Å²) in [5.74, 6) is -1.66. The van der Waals surface area contributed by atoms with Crippen molar-refractivity contribution in [2.45, 2.75) is 18.8 Å². The molecule has 0 aliphatic carbocycles. The third-order valence-corrected chi connectivity index (χ3v) is 3.40. The van der Waals surface area contributed by atoms with Crippen LogP contribution in [-0.2, 0) is 12.4 Å². The topological polar surface area (TPSA) is 44.1 Å². The molecule has 130 valence electrons. The van der Waals surface area contributed by atoms with Crippen molar-refractivity contribution in [2.75, 3.05) is 6.54 Å². The molecule has 10 heteroatoms. The molecule has 0 atom stereocenters. The zero-order valence-corrected chi connectivity index (χ0v) is 14.0. The van der Waals surface area contributed by atoms with E-state index in [1.807, 2.05) is 0 Å². The van der Waals surface area contributed by atoms with Crippen LogP contribution in [0.1, 0.15) is 27.9 Å². The van der Waals surface area contributed by atoms with Gasteiger partial charge in [-0.1, -0.05) is 12.6 Å². The van der Waals surface area contributed by atoms with Crippen molar-refractivity contribution < 1.29 is 31.1 Å². The average molecular weight is 462 g/mol. The minimum atomic E-state index is -5.18. The molecule has 0 spiro atoms. The Bertz CT molecular complexity index is 658. The molecule has 0 bridgehead atoms. The van der Waals surface area contributed by atoms with Crippen molar-refractivity contribution in [3.8, 4) is 6.19 Å². The first kappa shape index (κ1) is 20.3. The molecule has 0 radical (unpaired) electrons. The minimum absolute atomic E-state index is 0.0510. The lowest BCUT2D eigenvalue weighted by Crippen LogP contribution is -2.31. The van der Waals surface area contributed by atoms with Gasteiger partial charge in [-0.25, -0.2) is 4.90 Å². The molecule has 1 rings (SSSR count). The van der Waals surface area contributed by atoms with Crippen LogP contribution in [0.15, 0.2) is 28.4 Å². The summed E-state index contributed by atoms with van der Waals surface area (Å²) < 4.78 is 78.6. The Morgan fingerprint density at radius 1 is 1.17 bits per heavy atom. The van der Waals surface area contributed by atoms with Crippen LogP contribution >= 0.6 is 22.6 Å². The fraction of sp³-hybridized carbons (Fsp3) is 0.286. The summed E-state index contributed by atoms with van der Waals surface area (Å²) in [6.45, 7) is 3.11. The van der Waals surface area contributed by atoms with E-state index in [9.17, 15) is 31.1 Å². The van der Waals surface area contributed by atoms with E-state index >= 15 is 0 Å². The van der Waals surface area contributed by atoms with E-state index in [0.29, 0.717) is 21.8 Å². The van der Waals surface area contributed by atoms with E-state index in [2.05, 4.69) is 6.58 Å². The largest absolute Gasteiger partial charge is 0.417 e. The van der Waals surface area contributed by atoms with Gasteiger partial charge in [0.05, 0.1) is 16.7 Å². The first-order valence-corrected chi connectivity index (χ1v) is 7.29. The van der Waals surface area contributed by atoms with Gasteiger partial charge in [0.25, 0.3) is 5.91 Å². The zero-order chi connectivity index (χ0) is 18.7. The number of nitriles is 1. The summed E-state index contributed by atoms with van der Waals surface area (Å²) in [6, 6.07) is 1.30. The summed E-state index contributed by atoms with van der Waals surface area (Å²) in [6.07, 6.45) is -8.99. The van der Waals surface area contributed by atoms with Crippen LogP contribution in [-0.4, -0.2) is 17.4 Å². The molecule has 0 saturated carbocycles. The van der Waals surface area contributed by atoms with Gasteiger partial charge in [-0.05, 0) is 44.7 Å². The van der Waals surface area contributed by atoms with Crippen LogP contribution in [0.3, 0.4) is 0 Å². The SMILES string of the molecule is C=C(I)CCN(C#N)C(=O)c1c(C(F)(F)F)cccc1C(F)(F)F. The van der Waals surface area contributed by atoms with E-state index < -0.39 is 35.0 Å². The fourth-order valence-electron chi connectivity index (χ4n) is 1.82. The van der Waals surface area contributed by atoms with Gasteiger partial charge in [0.2, 0.25) is 0 Å². The lowest BCUT2D eigenvalue weighted by Gasteiger charge is -2.21. The standard InChI is InChI=1S/C14H9F6IN2O/c1-8(21)5-6-23(7-22)12(24)11-9(13(15,16)17)3-2-4-10(11)14(18,19)20/h2-4H,1,5-6H2. The minimum Gasteiger partial charge on any atom is -0.268 e. The molecule has 0 fully saturated rings. The Morgan fingerprint density at radius 3 is 1.96 bits per heavy atom. The number of carbonyl (C=O) groups excluding carboxylic acids is 1. The van der Waals surface area contributed by atoms with Gasteiger partial charge in [0.1, 0.15) is 0 Å². The van der Waals surface area contributed by atoms with Crippen molar-refractivity contribution in [1.82, 2.24) is 4.90 Å². The highest BCUT2D eigenvalue weighted by Gasteiger charge is 2.43. The highest BCUT2D eigenvalue weighted by atomic mass is 127. The van der Waals surface area contributed by atoms with Crippen molar-refractivity contribution in [3.05, 3.63) is 45.0 Å². The second kappa shape index (κ2) is 7.42. The Kier molecular flexibility index (Phi) is 6.26. The van der Waals surface area contributed by atoms with Crippen LogP contribution in [0.4, 0.5) is 26.3 Å². The molecule has 1 aromatic carbocycles. The average Bonchev–Trinajstić information content (AvgIpc) is 2.44. The number of carbonyl (C=O) groups is 1. The van der Waals surface area contributed by atoms with Crippen LogP contribution in [0.25, 0.3) is 0 Å². The smallest absolute Gasteiger partial charge is 0.268 e. The summed E-state index contributed by atoms with van der Waals surface area (Å²) >= 11 is 1.77. The van der Waals surface area contributed by atoms with Gasteiger partial charge >= 0.3 is 12.4 Å². The number of hydrogen-bond acceptors (Lipinski definition) is 2. The number of alkyl halides is 6. The number of nitrogens with zero attached hydrogens (tertiary/aromatic N) is 2. The molecule has 1 aromatic rings. The van der Waals surface area contributed by atoms with Gasteiger partial charge in [0, 0.05) is 6.54 Å². The van der Waals surface area contributed by atoms with Gasteiger partial charge < -0.3 is 0 Å². The number of hydrogen-bond donors (Lipinski definition) is 0. The van der Waals surface area contributed by atoms with E-state index in [0.717, 1.165) is 0 Å². The lowest BCUT2D eigenvalue weighted by atomic mass is 9.98. The molecule has 0 heterocycles. The van der Waals surface area contributed by atoms with E-state index in [1.54, 1.807) is 22.6 Å². The zero-order valence-electron chi connectivity index (χ0n) is 11.8. The molecular formula is C14H9F6IN2O. The third-order valence-electron chi connectivity index (χ3n) is 2.86. The molecule has 0 aromatic heterocycles. The summed E-state index contributed by atoms with van der Waals surface area (Å²) in [5.41, 5.74) is -5.06. The Balaban J connectivity index is 3.51. The van der Waals surface area contributed by atoms with Gasteiger partial charge in [-0.15, -0.1) is 0 Å². The van der Waals surface area contributed by atoms with Crippen LogP contribution in [0, 0.1) is 11.5 Å². The number of amides is 1. The molecule has 0 unspecified atom stereocenters. The lowest BCUT2D eigenvalue weighted by molar-refractivity contribution is -0.143. The quantitative estimate of drug-likeness (QED) is 0.274. The highest BCUT2D eigenvalue weighted by molar-refractivity contribution is 14.1. The van der Waals surface area contributed by atoms with Crippen molar-refractivity contribution in [2.24, 2.45) is 0 Å². The first-order valence-electron chi connectivity index (χ1n) is 6.22. The highest BCUT2D eigenvalue weighted by Crippen LogP contribution is 2.39. The van der Waals surface area contributed by atoms with Gasteiger partial charge in [0.15, 0.2) is 6.19 Å². The molecule has 0 saturated heterocycles. The summed E-state index contributed by atoms with van der Waals surface area (Å²) in [5, 5.41) is 8.92. The summed E-state index contributed by atoms with van der Waals surface area (Å²) in [4.78, 5) is 12.4. The second-order valence-electron chi connectivity index (χ2n) is 4.55. The third kappa shape index (κ3) is 4.86. The van der Waals surface area contributed by atoms with Gasteiger partial charge in [-0.2, -0.15) is 31.6 Å². The predicted molar refractivity (Wildman–Crippen MR) is 80.9 cm³/mol. The van der Waals surface area contributed by atoms with Crippen molar-refractivity contribution in [3.63, 3.8) is 0 Å². The molecule has 3 nitrogen and oxygen atoms in total. The number of halogens is 7. The maximum absolute atomic E-state index is 13.0. The van der Waals surface area contributed by atoms with Gasteiger partial charge in [-0.3, -0.25) is 4.79 Å². The maximum Gasteiger partial charge on any atom is 0.417 e. The number of benzene rings is 1. The second-order valence-corrected chi connectivity index (χ2v) is 6.07. The maximum atomic E-state index is 13.0. The van der Waals surface area contributed by atoms with Crippen molar-refractivity contribution >= 4 is 28.5 Å². The van der Waals surface area contributed by atoms with E-state index in [-0.39, 0.29) is 17.9 Å². The van der Waals surface area contributed by atoms with E-state index in [4.69, 9.17) is 5.26 Å². The first-order chi connectivity index (χ1) is 10.9. The molecule has 1 amide bonds. The molecule has 0 aliphatic rings. The fourth-order valence-corrected chi connectivity index (χ4v) is 2.06. The van der Waals surface area contributed by atoms with Crippen LogP contribution in [0.5, 0.6) is 0 Å². The Morgan fingerprint density at radius 2 is 1.62 bits per heavy atom. The molecule has 0 N–H and O–H groups in total. The Labute approximate surface area is 146 Å². The molecular weight excluding hydrogens is 453 g/mol. The molecule has 24 heavy (non-hydrogen) atoms. The molecule has 0 aliphatic heterocycles. The van der Waals surface area contributed by atoms with Crippen molar-refractivity contribution in [1.29, 1.82) is 5.26 Å². The summed E-state index contributed by atoms with van der Waals surface area (Å²) in [7, 11) is 0. The van der Waals surface area contributed by atoms with Crippen LogP contribution < -0.4 is 0 Å². The van der Waals surface area contributed by atoms with Crippen LogP contribution in [0.2, 0.25) is 0 Å². The predicted octanol–water partition coefficient (Wildman–Crippen LogP) is 4.99. The monoisotopic (exact) mass is 462 g/mol.